The Morgan fingerprint density at radius 3 is 2.25 bits per heavy atom. The van der Waals surface area contributed by atoms with Crippen molar-refractivity contribution in [3.8, 4) is 5.75 Å². The van der Waals surface area contributed by atoms with Gasteiger partial charge in [0.25, 0.3) is 0 Å². The van der Waals surface area contributed by atoms with Crippen LogP contribution in [-0.2, 0) is 5.75 Å². The number of nitrogens with one attached hydrogen (secondary N) is 2. The fraction of sp³-hybridized carbons (Fsp3) is 0.174. The average molecular weight is 409 g/mol. The van der Waals surface area contributed by atoms with Crippen LogP contribution in [-0.4, -0.2) is 17.8 Å². The van der Waals surface area contributed by atoms with Crippen molar-refractivity contribution in [2.45, 2.75) is 23.6 Å². The zero-order valence-electron chi connectivity index (χ0n) is 15.8. The topological polar surface area (TPSA) is 33.3 Å². The second kappa shape index (κ2) is 10.7. The third-order valence-electron chi connectivity index (χ3n) is 3.98. The van der Waals surface area contributed by atoms with Crippen molar-refractivity contribution in [1.82, 2.24) is 5.32 Å². The van der Waals surface area contributed by atoms with Gasteiger partial charge in [-0.2, -0.15) is 0 Å². The summed E-state index contributed by atoms with van der Waals surface area (Å²) in [7, 11) is 0. The van der Waals surface area contributed by atoms with Gasteiger partial charge in [-0.1, -0.05) is 48.5 Å². The molecule has 0 saturated heterocycles. The van der Waals surface area contributed by atoms with Crippen LogP contribution < -0.4 is 15.4 Å². The predicted octanol–water partition coefficient (Wildman–Crippen LogP) is 5.73. The number of thioether (sulfide) groups is 1. The Bertz CT molecular complexity index is 855. The van der Waals surface area contributed by atoms with Crippen LogP contribution in [0.2, 0.25) is 0 Å². The Hall–Kier alpha value is -2.50. The summed E-state index contributed by atoms with van der Waals surface area (Å²) in [6.45, 7) is 2.59. The molecule has 0 radical (unpaired) electrons. The van der Waals surface area contributed by atoms with E-state index in [4.69, 9.17) is 17.0 Å². The summed E-state index contributed by atoms with van der Waals surface area (Å²) in [4.78, 5) is 1.28. The lowest BCUT2D eigenvalue weighted by Crippen LogP contribution is -2.39. The van der Waals surface area contributed by atoms with E-state index in [1.165, 1.54) is 10.5 Å². The first kappa shape index (κ1) is 20.2. The van der Waals surface area contributed by atoms with Crippen molar-refractivity contribution in [3.63, 3.8) is 0 Å². The molecule has 2 N–H and O–H groups in total. The minimum absolute atomic E-state index is 0.0988. The van der Waals surface area contributed by atoms with Gasteiger partial charge in [0.15, 0.2) is 5.11 Å². The Morgan fingerprint density at radius 1 is 0.929 bits per heavy atom. The summed E-state index contributed by atoms with van der Waals surface area (Å²) >= 11 is 7.24. The lowest BCUT2D eigenvalue weighted by atomic mass is 10.2. The fourth-order valence-electron chi connectivity index (χ4n) is 2.54. The van der Waals surface area contributed by atoms with Crippen LogP contribution in [0.5, 0.6) is 5.75 Å². The number of ether oxygens (including phenoxy) is 1. The highest BCUT2D eigenvalue weighted by atomic mass is 32.2. The second-order valence-corrected chi connectivity index (χ2v) is 7.88. The molecule has 0 amide bonds. The minimum Gasteiger partial charge on any atom is -0.491 e. The van der Waals surface area contributed by atoms with Gasteiger partial charge >= 0.3 is 0 Å². The molecule has 0 heterocycles. The highest BCUT2D eigenvalue weighted by Gasteiger charge is 2.06. The lowest BCUT2D eigenvalue weighted by Gasteiger charge is -2.17. The van der Waals surface area contributed by atoms with Crippen molar-refractivity contribution in [2.24, 2.45) is 0 Å². The van der Waals surface area contributed by atoms with Crippen LogP contribution >= 0.6 is 24.0 Å². The van der Waals surface area contributed by atoms with Gasteiger partial charge in [0.05, 0.1) is 6.04 Å². The second-order valence-electron chi connectivity index (χ2n) is 6.42. The number of hydrogen-bond donors (Lipinski definition) is 2. The van der Waals surface area contributed by atoms with Crippen LogP contribution in [0, 0.1) is 0 Å². The number of benzene rings is 3. The molecule has 1 atom stereocenters. The highest BCUT2D eigenvalue weighted by Crippen LogP contribution is 2.23. The van der Waals surface area contributed by atoms with Gasteiger partial charge in [-0.25, -0.2) is 0 Å². The van der Waals surface area contributed by atoms with Crippen LogP contribution in [0.25, 0.3) is 0 Å². The molecule has 144 valence electrons. The Kier molecular flexibility index (Phi) is 7.76. The quantitative estimate of drug-likeness (QED) is 0.367. The normalized spacial score (nSPS) is 11.5. The van der Waals surface area contributed by atoms with E-state index < -0.39 is 0 Å². The van der Waals surface area contributed by atoms with E-state index in [-0.39, 0.29) is 6.04 Å². The van der Waals surface area contributed by atoms with Crippen molar-refractivity contribution >= 4 is 34.8 Å². The smallest absolute Gasteiger partial charge is 0.171 e. The summed E-state index contributed by atoms with van der Waals surface area (Å²) in [5, 5.41) is 7.07. The van der Waals surface area contributed by atoms with Crippen molar-refractivity contribution in [1.29, 1.82) is 0 Å². The Balaban J connectivity index is 1.41. The molecule has 0 unspecified atom stereocenters. The molecule has 0 fully saturated rings. The van der Waals surface area contributed by atoms with Gasteiger partial charge in [-0.3, -0.25) is 0 Å². The van der Waals surface area contributed by atoms with Crippen LogP contribution in [0.1, 0.15) is 12.5 Å². The van der Waals surface area contributed by atoms with Crippen LogP contribution in [0.15, 0.2) is 89.8 Å². The standard InChI is InChI=1S/C23H24N2OS2/c1-18(16-26-21-8-4-2-5-9-21)24-23(27)25-20-14-12-19(13-15-20)17-28-22-10-6-3-7-11-22/h2-15,18H,16-17H2,1H3,(H2,24,25,27)/t18-/m1/s1. The van der Waals surface area contributed by atoms with E-state index in [1.54, 1.807) is 0 Å². The Labute approximate surface area is 176 Å². The first-order chi connectivity index (χ1) is 13.7. The molecule has 0 saturated carbocycles. The number of para-hydroxylation sites is 1. The zero-order valence-corrected chi connectivity index (χ0v) is 17.4. The van der Waals surface area contributed by atoms with Gasteiger partial charge < -0.3 is 15.4 Å². The third kappa shape index (κ3) is 6.91. The van der Waals surface area contributed by atoms with E-state index >= 15 is 0 Å². The Morgan fingerprint density at radius 2 is 1.57 bits per heavy atom. The molecule has 5 heteroatoms. The molecule has 3 aromatic rings. The summed E-state index contributed by atoms with van der Waals surface area (Å²) in [6, 6.07) is 28.7. The van der Waals surface area contributed by atoms with E-state index in [2.05, 4.69) is 59.2 Å². The average Bonchev–Trinajstić information content (AvgIpc) is 2.73. The van der Waals surface area contributed by atoms with Crippen LogP contribution in [0.3, 0.4) is 0 Å². The molecule has 3 rings (SSSR count). The molecule has 0 aliphatic rings. The third-order valence-corrected chi connectivity index (χ3v) is 5.28. The SMILES string of the molecule is C[C@H](COc1ccccc1)NC(=S)Nc1ccc(CSc2ccccc2)cc1. The molecule has 28 heavy (non-hydrogen) atoms. The first-order valence-electron chi connectivity index (χ1n) is 9.21. The van der Waals surface area contributed by atoms with E-state index in [1.807, 2.05) is 55.1 Å². The van der Waals surface area contributed by atoms with E-state index in [0.29, 0.717) is 11.7 Å². The maximum Gasteiger partial charge on any atom is 0.171 e. The molecule has 0 aliphatic heterocycles. The monoisotopic (exact) mass is 408 g/mol. The van der Waals surface area contributed by atoms with Crippen molar-refractivity contribution < 1.29 is 4.74 Å². The van der Waals surface area contributed by atoms with Gasteiger partial charge in [0.2, 0.25) is 0 Å². The van der Waals surface area contributed by atoms with Gasteiger partial charge in [0, 0.05) is 16.3 Å². The van der Waals surface area contributed by atoms with E-state index in [9.17, 15) is 0 Å². The van der Waals surface area contributed by atoms with Crippen LogP contribution in [0.4, 0.5) is 5.69 Å². The van der Waals surface area contributed by atoms with Gasteiger partial charge in [-0.05, 0) is 61.1 Å². The number of thiocarbonyl (C=S) groups is 1. The molecule has 0 aliphatic carbocycles. The maximum absolute atomic E-state index is 5.75. The molecule has 3 nitrogen and oxygen atoms in total. The molecular formula is C23H24N2OS2. The maximum atomic E-state index is 5.75. The summed E-state index contributed by atoms with van der Waals surface area (Å²) in [5.74, 6) is 1.81. The first-order valence-corrected chi connectivity index (χ1v) is 10.6. The van der Waals surface area contributed by atoms with Gasteiger partial charge in [0.1, 0.15) is 12.4 Å². The number of hydrogen-bond acceptors (Lipinski definition) is 3. The summed E-state index contributed by atoms with van der Waals surface area (Å²) in [6.07, 6.45) is 0. The minimum atomic E-state index is 0.0988. The molecule has 0 spiro atoms. The molecule has 0 bridgehead atoms. The number of anilines is 1. The molecule has 3 aromatic carbocycles. The lowest BCUT2D eigenvalue weighted by molar-refractivity contribution is 0.287. The molecular weight excluding hydrogens is 384 g/mol. The molecule has 0 aromatic heterocycles. The predicted molar refractivity (Wildman–Crippen MR) is 123 cm³/mol. The van der Waals surface area contributed by atoms with Gasteiger partial charge in [-0.15, -0.1) is 11.8 Å². The summed E-state index contributed by atoms with van der Waals surface area (Å²) in [5.41, 5.74) is 2.25. The van der Waals surface area contributed by atoms with Crippen molar-refractivity contribution in [2.75, 3.05) is 11.9 Å². The highest BCUT2D eigenvalue weighted by molar-refractivity contribution is 7.98. The summed E-state index contributed by atoms with van der Waals surface area (Å²) < 4.78 is 5.75. The van der Waals surface area contributed by atoms with Crippen molar-refractivity contribution in [3.05, 3.63) is 90.5 Å². The largest absolute Gasteiger partial charge is 0.491 e. The van der Waals surface area contributed by atoms with E-state index in [0.717, 1.165) is 17.2 Å². The number of rotatable bonds is 8. The fourth-order valence-corrected chi connectivity index (χ4v) is 3.73. The zero-order chi connectivity index (χ0) is 19.6.